The molecule has 1 aromatic carbocycles. The molecular formula is C14H10FN3. The molecule has 3 rings (SSSR count). The van der Waals surface area contributed by atoms with Crippen LogP contribution in [-0.2, 0) is 0 Å². The third-order valence-corrected chi connectivity index (χ3v) is 2.64. The topological polar surface area (TPSA) is 30.7 Å². The van der Waals surface area contributed by atoms with Crippen LogP contribution in [0.15, 0.2) is 61.1 Å². The van der Waals surface area contributed by atoms with Crippen molar-refractivity contribution in [3.05, 3.63) is 66.9 Å². The number of benzene rings is 1. The maximum Gasteiger partial charge on any atom is 0.153 e. The highest BCUT2D eigenvalue weighted by molar-refractivity contribution is 5.61. The Hall–Kier alpha value is -2.49. The Morgan fingerprint density at radius 2 is 1.78 bits per heavy atom. The summed E-state index contributed by atoms with van der Waals surface area (Å²) >= 11 is 0. The summed E-state index contributed by atoms with van der Waals surface area (Å²) < 4.78 is 14.5. The van der Waals surface area contributed by atoms with Crippen LogP contribution in [0.25, 0.3) is 16.9 Å². The van der Waals surface area contributed by atoms with Gasteiger partial charge in [0.2, 0.25) is 0 Å². The molecule has 0 atom stereocenters. The van der Waals surface area contributed by atoms with Crippen molar-refractivity contribution in [2.45, 2.75) is 0 Å². The molecule has 0 aliphatic rings. The van der Waals surface area contributed by atoms with Crippen LogP contribution < -0.4 is 0 Å². The van der Waals surface area contributed by atoms with Gasteiger partial charge in [0.1, 0.15) is 5.82 Å². The first-order chi connectivity index (χ1) is 8.83. The Bertz CT molecular complexity index is 644. The molecule has 4 heteroatoms. The number of rotatable bonds is 2. The molecular weight excluding hydrogens is 229 g/mol. The van der Waals surface area contributed by atoms with Crippen molar-refractivity contribution in [2.24, 2.45) is 0 Å². The van der Waals surface area contributed by atoms with E-state index < -0.39 is 0 Å². The van der Waals surface area contributed by atoms with Gasteiger partial charge in [-0.2, -0.15) is 5.10 Å². The van der Waals surface area contributed by atoms with Gasteiger partial charge < -0.3 is 0 Å². The van der Waals surface area contributed by atoms with E-state index in [2.05, 4.69) is 10.1 Å². The van der Waals surface area contributed by atoms with Crippen LogP contribution in [0, 0.1) is 5.82 Å². The second-order valence-electron chi connectivity index (χ2n) is 3.87. The summed E-state index contributed by atoms with van der Waals surface area (Å²) in [5, 5.41) is 4.25. The minimum absolute atomic E-state index is 0.240. The summed E-state index contributed by atoms with van der Waals surface area (Å²) in [6.07, 6.45) is 5.33. The fourth-order valence-corrected chi connectivity index (χ4v) is 1.73. The van der Waals surface area contributed by atoms with E-state index in [0.717, 1.165) is 16.9 Å². The highest BCUT2D eigenvalue weighted by atomic mass is 19.1. The lowest BCUT2D eigenvalue weighted by Gasteiger charge is -1.98. The first kappa shape index (κ1) is 10.7. The lowest BCUT2D eigenvalue weighted by molar-refractivity contribution is 0.628. The Balaban J connectivity index is 1.97. The number of aromatic nitrogens is 3. The zero-order valence-corrected chi connectivity index (χ0v) is 9.49. The molecule has 0 bridgehead atoms. The Morgan fingerprint density at radius 3 is 2.50 bits per heavy atom. The second-order valence-corrected chi connectivity index (χ2v) is 3.87. The normalized spacial score (nSPS) is 10.5. The fourth-order valence-electron chi connectivity index (χ4n) is 1.73. The number of pyridine rings is 1. The monoisotopic (exact) mass is 239 g/mol. The van der Waals surface area contributed by atoms with E-state index in [1.54, 1.807) is 29.2 Å². The van der Waals surface area contributed by atoms with Gasteiger partial charge >= 0.3 is 0 Å². The Morgan fingerprint density at radius 1 is 0.944 bits per heavy atom. The quantitative estimate of drug-likeness (QED) is 0.688. The maximum absolute atomic E-state index is 12.8. The molecule has 0 saturated carbocycles. The molecule has 3 nitrogen and oxygen atoms in total. The molecule has 0 aliphatic carbocycles. The van der Waals surface area contributed by atoms with Crippen molar-refractivity contribution in [1.29, 1.82) is 0 Å². The summed E-state index contributed by atoms with van der Waals surface area (Å²) in [7, 11) is 0. The fraction of sp³-hybridized carbons (Fsp3) is 0. The number of hydrogen-bond acceptors (Lipinski definition) is 2. The third kappa shape index (κ3) is 2.00. The molecule has 3 aromatic rings. The van der Waals surface area contributed by atoms with E-state index in [1.807, 2.05) is 24.4 Å². The van der Waals surface area contributed by atoms with E-state index >= 15 is 0 Å². The van der Waals surface area contributed by atoms with E-state index in [0.29, 0.717) is 0 Å². The predicted octanol–water partition coefficient (Wildman–Crippen LogP) is 3.07. The van der Waals surface area contributed by atoms with Crippen LogP contribution in [0.4, 0.5) is 4.39 Å². The van der Waals surface area contributed by atoms with Gasteiger partial charge in [-0.3, -0.25) is 0 Å². The van der Waals surface area contributed by atoms with Crippen molar-refractivity contribution in [3.8, 4) is 16.9 Å². The van der Waals surface area contributed by atoms with E-state index in [9.17, 15) is 4.39 Å². The standard InChI is InChI=1S/C14H10FN3/c15-13-6-4-11(5-7-13)12-9-17-18(10-12)14-3-1-2-8-16-14/h1-10H. The molecule has 2 aromatic heterocycles. The van der Waals surface area contributed by atoms with Crippen LogP contribution in [0.5, 0.6) is 0 Å². The summed E-state index contributed by atoms with van der Waals surface area (Å²) in [6, 6.07) is 12.0. The molecule has 0 unspecified atom stereocenters. The highest BCUT2D eigenvalue weighted by Gasteiger charge is 2.03. The van der Waals surface area contributed by atoms with Crippen LogP contribution >= 0.6 is 0 Å². The van der Waals surface area contributed by atoms with Gasteiger partial charge in [-0.1, -0.05) is 18.2 Å². The highest BCUT2D eigenvalue weighted by Crippen LogP contribution is 2.19. The van der Waals surface area contributed by atoms with Gasteiger partial charge in [0.15, 0.2) is 5.82 Å². The van der Waals surface area contributed by atoms with Crippen molar-refractivity contribution in [3.63, 3.8) is 0 Å². The smallest absolute Gasteiger partial charge is 0.153 e. The third-order valence-electron chi connectivity index (χ3n) is 2.64. The van der Waals surface area contributed by atoms with E-state index in [1.165, 1.54) is 12.1 Å². The molecule has 2 heterocycles. The molecule has 0 aliphatic heterocycles. The first-order valence-corrected chi connectivity index (χ1v) is 5.55. The zero-order valence-electron chi connectivity index (χ0n) is 9.49. The summed E-state index contributed by atoms with van der Waals surface area (Å²) in [5.74, 6) is 0.515. The maximum atomic E-state index is 12.8. The minimum atomic E-state index is -0.240. The van der Waals surface area contributed by atoms with Crippen LogP contribution in [0.1, 0.15) is 0 Å². The average molecular weight is 239 g/mol. The summed E-state index contributed by atoms with van der Waals surface area (Å²) in [6.45, 7) is 0. The van der Waals surface area contributed by atoms with Crippen LogP contribution in [0.2, 0.25) is 0 Å². The molecule has 0 saturated heterocycles. The molecule has 0 amide bonds. The van der Waals surface area contributed by atoms with Gasteiger partial charge in [0.05, 0.1) is 6.20 Å². The number of nitrogens with zero attached hydrogens (tertiary/aromatic N) is 3. The van der Waals surface area contributed by atoms with Crippen molar-refractivity contribution < 1.29 is 4.39 Å². The van der Waals surface area contributed by atoms with Crippen molar-refractivity contribution in [1.82, 2.24) is 14.8 Å². The molecule has 88 valence electrons. The van der Waals surface area contributed by atoms with Gasteiger partial charge in [0.25, 0.3) is 0 Å². The van der Waals surface area contributed by atoms with Crippen molar-refractivity contribution in [2.75, 3.05) is 0 Å². The Kier molecular flexibility index (Phi) is 2.61. The number of halogens is 1. The average Bonchev–Trinajstić information content (AvgIpc) is 2.90. The van der Waals surface area contributed by atoms with E-state index in [-0.39, 0.29) is 5.82 Å². The molecule has 0 radical (unpaired) electrons. The summed E-state index contributed by atoms with van der Waals surface area (Å²) in [4.78, 5) is 4.21. The predicted molar refractivity (Wildman–Crippen MR) is 66.8 cm³/mol. The molecule has 0 fully saturated rings. The zero-order chi connectivity index (χ0) is 12.4. The first-order valence-electron chi connectivity index (χ1n) is 5.55. The molecule has 0 spiro atoms. The molecule has 0 N–H and O–H groups in total. The lowest BCUT2D eigenvalue weighted by atomic mass is 10.1. The van der Waals surface area contributed by atoms with Gasteiger partial charge in [-0.05, 0) is 29.8 Å². The van der Waals surface area contributed by atoms with Gasteiger partial charge in [0, 0.05) is 18.0 Å². The molecule has 18 heavy (non-hydrogen) atoms. The number of hydrogen-bond donors (Lipinski definition) is 0. The van der Waals surface area contributed by atoms with Crippen LogP contribution in [-0.4, -0.2) is 14.8 Å². The van der Waals surface area contributed by atoms with Crippen LogP contribution in [0.3, 0.4) is 0 Å². The summed E-state index contributed by atoms with van der Waals surface area (Å²) in [5.41, 5.74) is 1.86. The second kappa shape index (κ2) is 4.41. The van der Waals surface area contributed by atoms with E-state index in [4.69, 9.17) is 0 Å². The van der Waals surface area contributed by atoms with Crippen molar-refractivity contribution >= 4 is 0 Å². The SMILES string of the molecule is Fc1ccc(-c2cnn(-c3ccccn3)c2)cc1. The van der Waals surface area contributed by atoms with Gasteiger partial charge in [-0.25, -0.2) is 14.1 Å². The minimum Gasteiger partial charge on any atom is -0.237 e. The largest absolute Gasteiger partial charge is 0.237 e. The Labute approximate surface area is 104 Å². The van der Waals surface area contributed by atoms with Gasteiger partial charge in [-0.15, -0.1) is 0 Å². The lowest BCUT2D eigenvalue weighted by Crippen LogP contribution is -1.95.